The van der Waals surface area contributed by atoms with E-state index in [1.54, 1.807) is 0 Å². The minimum Gasteiger partial charge on any atom is -0.378 e. The first-order valence-electron chi connectivity index (χ1n) is 8.54. The van der Waals surface area contributed by atoms with Gasteiger partial charge < -0.3 is 10.1 Å². The molecule has 1 aromatic heterocycles. The van der Waals surface area contributed by atoms with Crippen molar-refractivity contribution in [3.05, 3.63) is 18.0 Å². The average molecular weight is 305 g/mol. The quantitative estimate of drug-likeness (QED) is 0.878. The van der Waals surface area contributed by atoms with Gasteiger partial charge in [-0.15, -0.1) is 0 Å². The Morgan fingerprint density at radius 3 is 2.91 bits per heavy atom. The van der Waals surface area contributed by atoms with E-state index >= 15 is 0 Å². The third-order valence-corrected chi connectivity index (χ3v) is 5.35. The topological polar surface area (TPSA) is 56.1 Å². The highest BCUT2D eigenvalue weighted by atomic mass is 16.5. The number of hydrogen-bond acceptors (Lipinski definition) is 3. The molecule has 22 heavy (non-hydrogen) atoms. The predicted octanol–water partition coefficient (Wildman–Crippen LogP) is 2.44. The zero-order chi connectivity index (χ0) is 15.6. The lowest BCUT2D eigenvalue weighted by Crippen LogP contribution is -2.63. The molecule has 2 atom stereocenters. The fourth-order valence-electron chi connectivity index (χ4n) is 4.16. The third kappa shape index (κ3) is 2.91. The van der Waals surface area contributed by atoms with Crippen LogP contribution in [-0.2, 0) is 16.1 Å². The van der Waals surface area contributed by atoms with Gasteiger partial charge in [0.25, 0.3) is 0 Å². The molecule has 1 heterocycles. The highest BCUT2D eigenvalue weighted by Crippen LogP contribution is 2.54. The molecule has 2 saturated carbocycles. The lowest BCUT2D eigenvalue weighted by atomic mass is 9.60. The maximum absolute atomic E-state index is 12.2. The summed E-state index contributed by atoms with van der Waals surface area (Å²) in [4.78, 5) is 12.2. The highest BCUT2D eigenvalue weighted by Gasteiger charge is 2.57. The molecule has 0 radical (unpaired) electrons. The van der Waals surface area contributed by atoms with Crippen LogP contribution < -0.4 is 5.32 Å². The smallest absolute Gasteiger partial charge is 0.222 e. The van der Waals surface area contributed by atoms with Gasteiger partial charge in [0.05, 0.1) is 12.3 Å². The van der Waals surface area contributed by atoms with Gasteiger partial charge in [-0.1, -0.05) is 12.8 Å². The molecule has 2 fully saturated rings. The van der Waals surface area contributed by atoms with Crippen molar-refractivity contribution in [2.45, 2.75) is 71.1 Å². The second-order valence-electron chi connectivity index (χ2n) is 6.77. The zero-order valence-corrected chi connectivity index (χ0v) is 13.7. The maximum Gasteiger partial charge on any atom is 0.222 e. The second-order valence-corrected chi connectivity index (χ2v) is 6.77. The van der Waals surface area contributed by atoms with Crippen LogP contribution >= 0.6 is 0 Å². The third-order valence-electron chi connectivity index (χ3n) is 5.35. The molecule has 122 valence electrons. The van der Waals surface area contributed by atoms with Crippen molar-refractivity contribution in [1.29, 1.82) is 0 Å². The van der Waals surface area contributed by atoms with Crippen molar-refractivity contribution in [1.82, 2.24) is 15.1 Å². The van der Waals surface area contributed by atoms with Crippen LogP contribution in [0, 0.1) is 12.3 Å². The molecule has 5 heteroatoms. The van der Waals surface area contributed by atoms with Gasteiger partial charge in [-0.25, -0.2) is 0 Å². The summed E-state index contributed by atoms with van der Waals surface area (Å²) >= 11 is 0. The largest absolute Gasteiger partial charge is 0.378 e. The molecule has 0 unspecified atom stereocenters. The maximum atomic E-state index is 12.2. The molecule has 0 bridgehead atoms. The second kappa shape index (κ2) is 6.41. The molecular weight excluding hydrogens is 278 g/mol. The Bertz CT molecular complexity index is 520. The zero-order valence-electron chi connectivity index (χ0n) is 13.7. The molecule has 0 saturated heterocycles. The number of hydrogen-bond donors (Lipinski definition) is 1. The van der Waals surface area contributed by atoms with E-state index < -0.39 is 0 Å². The van der Waals surface area contributed by atoms with E-state index in [2.05, 4.69) is 17.3 Å². The van der Waals surface area contributed by atoms with Gasteiger partial charge in [-0.05, 0) is 38.7 Å². The first-order chi connectivity index (χ1) is 10.6. The van der Waals surface area contributed by atoms with Crippen LogP contribution in [0.2, 0.25) is 0 Å². The van der Waals surface area contributed by atoms with E-state index in [0.29, 0.717) is 25.1 Å². The Morgan fingerprint density at radius 1 is 1.50 bits per heavy atom. The van der Waals surface area contributed by atoms with Crippen LogP contribution in [0.4, 0.5) is 0 Å². The molecule has 0 aromatic carbocycles. The summed E-state index contributed by atoms with van der Waals surface area (Å²) in [5.41, 5.74) is 1.34. The first-order valence-corrected chi connectivity index (χ1v) is 8.54. The van der Waals surface area contributed by atoms with Crippen LogP contribution in [-0.4, -0.2) is 34.4 Å². The summed E-state index contributed by atoms with van der Waals surface area (Å²) in [6.07, 6.45) is 10.5. The van der Waals surface area contributed by atoms with Gasteiger partial charge in [0, 0.05) is 37.2 Å². The van der Waals surface area contributed by atoms with E-state index in [9.17, 15) is 4.79 Å². The minimum absolute atomic E-state index is 0.138. The first kappa shape index (κ1) is 15.5. The number of nitrogens with zero attached hydrogens (tertiary/aromatic N) is 2. The van der Waals surface area contributed by atoms with Gasteiger partial charge in [0.2, 0.25) is 5.91 Å². The molecule has 2 aliphatic rings. The van der Waals surface area contributed by atoms with E-state index in [1.807, 2.05) is 24.0 Å². The lowest BCUT2D eigenvalue weighted by Gasteiger charge is -2.54. The van der Waals surface area contributed by atoms with E-state index in [0.717, 1.165) is 18.6 Å². The summed E-state index contributed by atoms with van der Waals surface area (Å²) in [6.45, 7) is 5.48. The molecule has 1 spiro atoms. The van der Waals surface area contributed by atoms with Gasteiger partial charge >= 0.3 is 0 Å². The van der Waals surface area contributed by atoms with Crippen molar-refractivity contribution >= 4 is 5.91 Å². The summed E-state index contributed by atoms with van der Waals surface area (Å²) in [5.74, 6) is 0.138. The minimum atomic E-state index is 0.138. The summed E-state index contributed by atoms with van der Waals surface area (Å²) in [5, 5.41) is 7.48. The summed E-state index contributed by atoms with van der Waals surface area (Å²) < 4.78 is 7.73. The van der Waals surface area contributed by atoms with E-state index in [-0.39, 0.29) is 11.3 Å². The number of ether oxygens (including phenoxy) is 1. The van der Waals surface area contributed by atoms with Gasteiger partial charge in [-0.2, -0.15) is 5.10 Å². The van der Waals surface area contributed by atoms with Crippen LogP contribution in [0.25, 0.3) is 0 Å². The van der Waals surface area contributed by atoms with Crippen LogP contribution in [0.1, 0.15) is 51.0 Å². The molecule has 1 aromatic rings. The van der Waals surface area contributed by atoms with Crippen molar-refractivity contribution < 1.29 is 9.53 Å². The number of carbonyl (C=O) groups excluding carboxylic acids is 1. The Kier molecular flexibility index (Phi) is 4.52. The number of amides is 1. The van der Waals surface area contributed by atoms with Crippen LogP contribution in [0.3, 0.4) is 0 Å². The average Bonchev–Trinajstić information content (AvgIpc) is 3.14. The van der Waals surface area contributed by atoms with Crippen molar-refractivity contribution in [3.8, 4) is 0 Å². The van der Waals surface area contributed by atoms with Crippen LogP contribution in [0.15, 0.2) is 12.4 Å². The Labute approximate surface area is 132 Å². The summed E-state index contributed by atoms with van der Waals surface area (Å²) in [7, 11) is 0. The Hall–Kier alpha value is -1.36. The predicted molar refractivity (Wildman–Crippen MR) is 84.4 cm³/mol. The molecule has 2 aliphatic carbocycles. The fourth-order valence-corrected chi connectivity index (χ4v) is 4.16. The monoisotopic (exact) mass is 305 g/mol. The molecule has 1 N–H and O–H groups in total. The SMILES string of the molecule is CCO[C@H]1C[C@H](NC(=O)CCn2cc(C)cn2)C12CCCC2. The molecule has 3 rings (SSSR count). The van der Waals surface area contributed by atoms with Crippen molar-refractivity contribution in [3.63, 3.8) is 0 Å². The van der Waals surface area contributed by atoms with E-state index in [4.69, 9.17) is 4.74 Å². The van der Waals surface area contributed by atoms with Crippen molar-refractivity contribution in [2.75, 3.05) is 6.61 Å². The molecular formula is C17H27N3O2. The number of aromatic nitrogens is 2. The van der Waals surface area contributed by atoms with Gasteiger partial charge in [0.1, 0.15) is 0 Å². The van der Waals surface area contributed by atoms with Gasteiger partial charge in [-0.3, -0.25) is 9.48 Å². The molecule has 0 aliphatic heterocycles. The van der Waals surface area contributed by atoms with Crippen molar-refractivity contribution in [2.24, 2.45) is 5.41 Å². The standard InChI is InChI=1S/C17H27N3O2/c1-3-22-15-10-14(17(15)7-4-5-8-17)19-16(21)6-9-20-12-13(2)11-18-20/h11-12,14-15H,3-10H2,1-2H3,(H,19,21)/t14-,15-/m0/s1. The van der Waals surface area contributed by atoms with Crippen LogP contribution in [0.5, 0.6) is 0 Å². The van der Waals surface area contributed by atoms with E-state index in [1.165, 1.54) is 25.7 Å². The summed E-state index contributed by atoms with van der Waals surface area (Å²) in [6, 6.07) is 0.304. The number of carbonyl (C=O) groups is 1. The Balaban J connectivity index is 1.51. The lowest BCUT2D eigenvalue weighted by molar-refractivity contribution is -0.144. The highest BCUT2D eigenvalue weighted by molar-refractivity contribution is 5.76. The molecule has 5 nitrogen and oxygen atoms in total. The molecule has 1 amide bonds. The number of rotatable bonds is 6. The number of aryl methyl sites for hydroxylation is 2. The van der Waals surface area contributed by atoms with Gasteiger partial charge in [0.15, 0.2) is 0 Å². The Morgan fingerprint density at radius 2 is 2.27 bits per heavy atom. The number of nitrogens with one attached hydrogen (secondary N) is 1. The fraction of sp³-hybridized carbons (Fsp3) is 0.765. The normalized spacial score (nSPS) is 26.1.